The van der Waals surface area contributed by atoms with Crippen molar-refractivity contribution in [3.63, 3.8) is 0 Å². The van der Waals surface area contributed by atoms with Crippen molar-refractivity contribution >= 4 is 44.9 Å². The molecule has 0 amide bonds. The Kier molecular flexibility index (Phi) is 5.18. The van der Waals surface area contributed by atoms with Gasteiger partial charge in [-0.15, -0.1) is 0 Å². The molecule has 2 atom stereocenters. The molecule has 0 fully saturated rings. The SMILES string of the molecule is C1=c2cc(-c3cccc(-c4ccccc4)c3)c(-c3ccc4oc5ccccc5c4c3)cc2=CC2c3cccc4cccc(c34)C12. The highest BCUT2D eigenvalue weighted by Gasteiger charge is 2.32. The van der Waals surface area contributed by atoms with Crippen molar-refractivity contribution < 1.29 is 4.42 Å². The monoisotopic (exact) mass is 572 g/mol. The number of hydrogen-bond donors (Lipinski definition) is 0. The van der Waals surface area contributed by atoms with E-state index in [0.717, 1.165) is 21.9 Å². The fraction of sp³-hybridized carbons (Fsp3) is 0.0455. The summed E-state index contributed by atoms with van der Waals surface area (Å²) in [6.45, 7) is 0. The smallest absolute Gasteiger partial charge is 0.135 e. The number of benzene rings is 7. The Hall–Kier alpha value is -5.66. The predicted molar refractivity (Wildman–Crippen MR) is 188 cm³/mol. The van der Waals surface area contributed by atoms with Gasteiger partial charge < -0.3 is 4.42 Å². The molecule has 45 heavy (non-hydrogen) atoms. The molecule has 1 heterocycles. The van der Waals surface area contributed by atoms with Gasteiger partial charge in [0.1, 0.15) is 11.2 Å². The molecule has 0 radical (unpaired) electrons. The van der Waals surface area contributed by atoms with Crippen molar-refractivity contribution in [2.45, 2.75) is 11.8 Å². The van der Waals surface area contributed by atoms with E-state index in [9.17, 15) is 0 Å². The van der Waals surface area contributed by atoms with Crippen LogP contribution in [0, 0.1) is 0 Å². The summed E-state index contributed by atoms with van der Waals surface area (Å²) in [5.74, 6) is 0.695. The van der Waals surface area contributed by atoms with E-state index in [1.165, 1.54) is 65.7 Å². The summed E-state index contributed by atoms with van der Waals surface area (Å²) in [5.41, 5.74) is 12.1. The minimum absolute atomic E-state index is 0.346. The Balaban J connectivity index is 1.23. The number of hydrogen-bond acceptors (Lipinski definition) is 1. The van der Waals surface area contributed by atoms with Gasteiger partial charge in [0.05, 0.1) is 0 Å². The van der Waals surface area contributed by atoms with Gasteiger partial charge in [0, 0.05) is 22.6 Å². The van der Waals surface area contributed by atoms with Crippen LogP contribution in [0.2, 0.25) is 0 Å². The lowest BCUT2D eigenvalue weighted by Gasteiger charge is -2.21. The first-order chi connectivity index (χ1) is 22.3. The molecule has 10 rings (SSSR count). The molecule has 2 unspecified atom stereocenters. The fourth-order valence-corrected chi connectivity index (χ4v) is 7.91. The number of furan rings is 1. The van der Waals surface area contributed by atoms with Crippen LogP contribution in [0.1, 0.15) is 23.0 Å². The number of para-hydroxylation sites is 1. The molecule has 1 nitrogen and oxygen atoms in total. The summed E-state index contributed by atoms with van der Waals surface area (Å²) in [4.78, 5) is 0. The Labute approximate surface area is 261 Å². The summed E-state index contributed by atoms with van der Waals surface area (Å²) in [6.07, 6.45) is 5.05. The van der Waals surface area contributed by atoms with Crippen LogP contribution in [-0.2, 0) is 0 Å². The minimum atomic E-state index is 0.346. The lowest BCUT2D eigenvalue weighted by Crippen LogP contribution is -2.31. The molecule has 210 valence electrons. The lowest BCUT2D eigenvalue weighted by molar-refractivity contribution is 0.669. The fourth-order valence-electron chi connectivity index (χ4n) is 7.91. The van der Waals surface area contributed by atoms with Crippen molar-refractivity contribution in [3.8, 4) is 33.4 Å². The first-order valence-corrected chi connectivity index (χ1v) is 15.8. The molecule has 2 aliphatic carbocycles. The first-order valence-electron chi connectivity index (χ1n) is 15.8. The van der Waals surface area contributed by atoms with Crippen LogP contribution >= 0.6 is 0 Å². The Bertz CT molecular complexity index is 2600. The van der Waals surface area contributed by atoms with Crippen molar-refractivity contribution in [1.82, 2.24) is 0 Å². The molecular formula is C44H28O. The highest BCUT2D eigenvalue weighted by Crippen LogP contribution is 2.49. The minimum Gasteiger partial charge on any atom is -0.456 e. The van der Waals surface area contributed by atoms with Gasteiger partial charge >= 0.3 is 0 Å². The second-order valence-corrected chi connectivity index (χ2v) is 12.5. The van der Waals surface area contributed by atoms with Gasteiger partial charge in [-0.05, 0) is 102 Å². The highest BCUT2D eigenvalue weighted by atomic mass is 16.3. The molecule has 2 aliphatic rings. The summed E-state index contributed by atoms with van der Waals surface area (Å²) in [7, 11) is 0. The third-order valence-corrected chi connectivity index (χ3v) is 9.98. The molecule has 0 aliphatic heterocycles. The molecule has 0 saturated carbocycles. The van der Waals surface area contributed by atoms with Crippen LogP contribution in [0.3, 0.4) is 0 Å². The molecule has 0 bridgehead atoms. The van der Waals surface area contributed by atoms with Gasteiger partial charge in [0.2, 0.25) is 0 Å². The van der Waals surface area contributed by atoms with Crippen molar-refractivity contribution in [3.05, 3.63) is 167 Å². The zero-order valence-corrected chi connectivity index (χ0v) is 24.6. The summed E-state index contributed by atoms with van der Waals surface area (Å²) < 4.78 is 6.21. The molecule has 1 heteroatoms. The van der Waals surface area contributed by atoms with Crippen molar-refractivity contribution in [2.24, 2.45) is 0 Å². The molecule has 0 saturated heterocycles. The molecule has 7 aromatic carbocycles. The topological polar surface area (TPSA) is 13.1 Å². The van der Waals surface area contributed by atoms with E-state index >= 15 is 0 Å². The maximum absolute atomic E-state index is 6.21. The Morgan fingerprint density at radius 2 is 1.00 bits per heavy atom. The lowest BCUT2D eigenvalue weighted by atomic mass is 9.82. The first kappa shape index (κ1) is 24.7. The highest BCUT2D eigenvalue weighted by molar-refractivity contribution is 6.07. The maximum atomic E-state index is 6.21. The van der Waals surface area contributed by atoms with Crippen LogP contribution in [0.25, 0.3) is 78.2 Å². The molecule has 8 aromatic rings. The number of fused-ring (bicyclic) bond motifs is 7. The summed E-state index contributed by atoms with van der Waals surface area (Å²) >= 11 is 0. The van der Waals surface area contributed by atoms with Crippen LogP contribution < -0.4 is 10.4 Å². The average Bonchev–Trinajstić information content (AvgIpc) is 3.63. The summed E-state index contributed by atoms with van der Waals surface area (Å²) in [6, 6.07) is 53.1. The predicted octanol–water partition coefficient (Wildman–Crippen LogP) is 10.2. The van der Waals surface area contributed by atoms with Crippen LogP contribution in [-0.4, -0.2) is 0 Å². The normalized spacial score (nSPS) is 16.4. The quantitative estimate of drug-likeness (QED) is 0.205. The van der Waals surface area contributed by atoms with E-state index in [0.29, 0.717) is 11.8 Å². The second-order valence-electron chi connectivity index (χ2n) is 12.5. The zero-order valence-electron chi connectivity index (χ0n) is 24.6. The van der Waals surface area contributed by atoms with Crippen LogP contribution in [0.4, 0.5) is 0 Å². The van der Waals surface area contributed by atoms with E-state index in [4.69, 9.17) is 4.42 Å². The summed E-state index contributed by atoms with van der Waals surface area (Å²) in [5, 5.41) is 7.68. The average molecular weight is 573 g/mol. The van der Waals surface area contributed by atoms with Gasteiger partial charge in [-0.2, -0.15) is 0 Å². The second kappa shape index (κ2) is 9.42. The van der Waals surface area contributed by atoms with Crippen molar-refractivity contribution in [1.29, 1.82) is 0 Å². The maximum Gasteiger partial charge on any atom is 0.135 e. The van der Waals surface area contributed by atoms with E-state index in [1.807, 2.05) is 6.07 Å². The van der Waals surface area contributed by atoms with Gasteiger partial charge in [-0.25, -0.2) is 0 Å². The van der Waals surface area contributed by atoms with Crippen LogP contribution in [0.5, 0.6) is 0 Å². The van der Waals surface area contributed by atoms with Crippen LogP contribution in [0.15, 0.2) is 150 Å². The van der Waals surface area contributed by atoms with E-state index in [1.54, 1.807) is 0 Å². The van der Waals surface area contributed by atoms with Gasteiger partial charge in [0.25, 0.3) is 0 Å². The Morgan fingerprint density at radius 3 is 1.76 bits per heavy atom. The van der Waals surface area contributed by atoms with E-state index in [2.05, 4.69) is 152 Å². The molecular weight excluding hydrogens is 544 g/mol. The van der Waals surface area contributed by atoms with Gasteiger partial charge in [-0.1, -0.05) is 121 Å². The largest absolute Gasteiger partial charge is 0.456 e. The van der Waals surface area contributed by atoms with E-state index < -0.39 is 0 Å². The van der Waals surface area contributed by atoms with E-state index in [-0.39, 0.29) is 0 Å². The molecule has 0 spiro atoms. The molecule has 0 N–H and O–H groups in total. The zero-order chi connectivity index (χ0) is 29.5. The molecule has 1 aromatic heterocycles. The third kappa shape index (κ3) is 3.74. The van der Waals surface area contributed by atoms with Gasteiger partial charge in [-0.3, -0.25) is 0 Å². The Morgan fingerprint density at radius 1 is 0.400 bits per heavy atom. The third-order valence-electron chi connectivity index (χ3n) is 9.98. The standard InChI is InChI=1S/C44H28O/c1-2-9-27(10-3-1)29-13-6-14-30(21-29)37-23-32-25-39-35-16-7-11-28-12-8-17-36(44(28)35)40(39)26-33(32)24-38(37)31-19-20-43-41(22-31)34-15-4-5-18-42(34)45-43/h1-26,39-40H. The number of rotatable bonds is 3. The van der Waals surface area contributed by atoms with Gasteiger partial charge in [0.15, 0.2) is 0 Å². The van der Waals surface area contributed by atoms with Crippen molar-refractivity contribution in [2.75, 3.05) is 0 Å².